The van der Waals surface area contributed by atoms with E-state index in [0.717, 1.165) is 10.9 Å². The van der Waals surface area contributed by atoms with E-state index in [9.17, 15) is 14.3 Å². The summed E-state index contributed by atoms with van der Waals surface area (Å²) in [4.78, 5) is 11.9. The molecule has 0 bridgehead atoms. The van der Waals surface area contributed by atoms with Crippen LogP contribution in [-0.4, -0.2) is 17.6 Å². The van der Waals surface area contributed by atoms with Crippen molar-refractivity contribution in [2.24, 2.45) is 5.41 Å². The maximum Gasteiger partial charge on any atom is 0.228 e. The smallest absolute Gasteiger partial charge is 0.228 e. The predicted molar refractivity (Wildman–Crippen MR) is 69.3 cm³/mol. The standard InChI is InChI=1S/C13H15BrFNO2/c14-10-2-3-11(15)9(6-10)7-16-12(18)13(8-17)4-1-5-13/h2-3,6,17H,1,4-5,7-8H2,(H,16,18). The first-order valence-corrected chi connectivity index (χ1v) is 6.70. The molecule has 5 heteroatoms. The van der Waals surface area contributed by atoms with Crippen LogP contribution in [0.25, 0.3) is 0 Å². The molecule has 1 amide bonds. The summed E-state index contributed by atoms with van der Waals surface area (Å²) in [5.74, 6) is -0.527. The summed E-state index contributed by atoms with van der Waals surface area (Å²) < 4.78 is 14.2. The lowest BCUT2D eigenvalue weighted by Crippen LogP contribution is -2.47. The number of amides is 1. The molecular formula is C13H15BrFNO2. The van der Waals surface area contributed by atoms with Crippen molar-refractivity contribution in [1.29, 1.82) is 0 Å². The molecule has 2 rings (SSSR count). The van der Waals surface area contributed by atoms with Crippen LogP contribution < -0.4 is 5.32 Å². The Labute approximate surface area is 114 Å². The third-order valence-corrected chi connectivity index (χ3v) is 4.04. The highest BCUT2D eigenvalue weighted by Crippen LogP contribution is 2.40. The summed E-state index contributed by atoms with van der Waals surface area (Å²) in [6.07, 6.45) is 2.37. The number of aliphatic hydroxyl groups excluding tert-OH is 1. The molecule has 1 saturated carbocycles. The number of carbonyl (C=O) groups excluding carboxylic acids is 1. The third kappa shape index (κ3) is 2.57. The van der Waals surface area contributed by atoms with Crippen molar-refractivity contribution in [1.82, 2.24) is 5.32 Å². The molecule has 2 N–H and O–H groups in total. The van der Waals surface area contributed by atoms with E-state index in [4.69, 9.17) is 0 Å². The summed E-state index contributed by atoms with van der Waals surface area (Å²) in [5, 5.41) is 12.0. The zero-order valence-corrected chi connectivity index (χ0v) is 11.5. The fourth-order valence-corrected chi connectivity index (χ4v) is 2.51. The van der Waals surface area contributed by atoms with Gasteiger partial charge in [0.25, 0.3) is 0 Å². The molecule has 18 heavy (non-hydrogen) atoms. The topological polar surface area (TPSA) is 49.3 Å². The maximum atomic E-state index is 13.5. The Balaban J connectivity index is 1.99. The van der Waals surface area contributed by atoms with Gasteiger partial charge in [-0.05, 0) is 31.0 Å². The molecule has 0 spiro atoms. The first-order chi connectivity index (χ1) is 8.57. The van der Waals surface area contributed by atoms with Gasteiger partial charge in [-0.25, -0.2) is 4.39 Å². The van der Waals surface area contributed by atoms with Gasteiger partial charge < -0.3 is 10.4 Å². The van der Waals surface area contributed by atoms with Crippen LogP contribution in [0.2, 0.25) is 0 Å². The van der Waals surface area contributed by atoms with Crippen LogP contribution >= 0.6 is 15.9 Å². The Bertz CT molecular complexity index is 455. The number of benzene rings is 1. The van der Waals surface area contributed by atoms with Gasteiger partial charge in [-0.15, -0.1) is 0 Å². The van der Waals surface area contributed by atoms with Crippen molar-refractivity contribution in [3.63, 3.8) is 0 Å². The number of hydrogen-bond acceptors (Lipinski definition) is 2. The molecule has 3 nitrogen and oxygen atoms in total. The SMILES string of the molecule is O=C(NCc1cc(Br)ccc1F)C1(CO)CCC1. The minimum atomic E-state index is -0.636. The fourth-order valence-electron chi connectivity index (χ4n) is 2.10. The van der Waals surface area contributed by atoms with Crippen molar-refractivity contribution in [3.05, 3.63) is 34.1 Å². The Hall–Kier alpha value is -0.940. The highest BCUT2D eigenvalue weighted by molar-refractivity contribution is 9.10. The van der Waals surface area contributed by atoms with Gasteiger partial charge in [0, 0.05) is 16.6 Å². The fraction of sp³-hybridized carbons (Fsp3) is 0.462. The summed E-state index contributed by atoms with van der Waals surface area (Å²) in [5.41, 5.74) is -0.201. The lowest BCUT2D eigenvalue weighted by Gasteiger charge is -2.38. The highest BCUT2D eigenvalue weighted by atomic mass is 79.9. The number of nitrogens with one attached hydrogen (secondary N) is 1. The second kappa shape index (κ2) is 5.36. The first kappa shape index (κ1) is 13.5. The molecule has 1 aliphatic rings. The summed E-state index contributed by atoms with van der Waals surface area (Å²) in [6, 6.07) is 4.61. The van der Waals surface area contributed by atoms with E-state index in [-0.39, 0.29) is 24.9 Å². The maximum absolute atomic E-state index is 13.5. The molecule has 0 unspecified atom stereocenters. The van der Waals surface area contributed by atoms with Crippen molar-refractivity contribution in [2.75, 3.05) is 6.61 Å². The predicted octanol–water partition coefficient (Wildman–Crippen LogP) is 2.37. The van der Waals surface area contributed by atoms with Crippen LogP contribution in [0.3, 0.4) is 0 Å². The van der Waals surface area contributed by atoms with Gasteiger partial charge in [0.1, 0.15) is 5.82 Å². The van der Waals surface area contributed by atoms with Gasteiger partial charge in [-0.3, -0.25) is 4.79 Å². The van der Waals surface area contributed by atoms with Gasteiger partial charge >= 0.3 is 0 Å². The molecule has 0 radical (unpaired) electrons. The van der Waals surface area contributed by atoms with Crippen LogP contribution in [-0.2, 0) is 11.3 Å². The van der Waals surface area contributed by atoms with E-state index in [0.29, 0.717) is 18.4 Å². The van der Waals surface area contributed by atoms with Crippen molar-refractivity contribution < 1.29 is 14.3 Å². The Morgan fingerprint density at radius 3 is 2.78 bits per heavy atom. The van der Waals surface area contributed by atoms with Crippen LogP contribution in [0.1, 0.15) is 24.8 Å². The van der Waals surface area contributed by atoms with Gasteiger partial charge in [-0.2, -0.15) is 0 Å². The minimum absolute atomic E-state index is 0.139. The van der Waals surface area contributed by atoms with E-state index in [1.54, 1.807) is 12.1 Å². The van der Waals surface area contributed by atoms with Crippen molar-refractivity contribution in [3.8, 4) is 0 Å². The number of hydrogen-bond donors (Lipinski definition) is 2. The molecule has 0 aliphatic heterocycles. The summed E-state index contributed by atoms with van der Waals surface area (Å²) >= 11 is 3.26. The first-order valence-electron chi connectivity index (χ1n) is 5.90. The molecule has 0 aromatic heterocycles. The molecule has 1 aliphatic carbocycles. The van der Waals surface area contributed by atoms with Crippen LogP contribution in [0.15, 0.2) is 22.7 Å². The zero-order chi connectivity index (χ0) is 13.2. The van der Waals surface area contributed by atoms with Gasteiger partial charge in [0.05, 0.1) is 12.0 Å². The molecule has 1 aromatic rings. The van der Waals surface area contributed by atoms with Gasteiger partial charge in [0.2, 0.25) is 5.91 Å². The quantitative estimate of drug-likeness (QED) is 0.896. The number of rotatable bonds is 4. The number of halogens is 2. The van der Waals surface area contributed by atoms with E-state index in [1.807, 2.05) is 0 Å². The lowest BCUT2D eigenvalue weighted by atomic mass is 9.68. The van der Waals surface area contributed by atoms with Crippen LogP contribution in [0.5, 0.6) is 0 Å². The Morgan fingerprint density at radius 1 is 1.50 bits per heavy atom. The largest absolute Gasteiger partial charge is 0.395 e. The molecule has 0 heterocycles. The molecular weight excluding hydrogens is 301 g/mol. The Kier molecular flexibility index (Phi) is 4.02. The third-order valence-electron chi connectivity index (χ3n) is 3.54. The van der Waals surface area contributed by atoms with E-state index in [1.165, 1.54) is 6.07 Å². The summed E-state index contributed by atoms with van der Waals surface area (Å²) in [7, 11) is 0. The number of carbonyl (C=O) groups is 1. The second-order valence-corrected chi connectivity index (χ2v) is 5.63. The average molecular weight is 316 g/mol. The molecule has 1 aromatic carbocycles. The van der Waals surface area contributed by atoms with Crippen molar-refractivity contribution >= 4 is 21.8 Å². The Morgan fingerprint density at radius 2 is 2.22 bits per heavy atom. The molecule has 1 fully saturated rings. The van der Waals surface area contributed by atoms with Crippen LogP contribution in [0, 0.1) is 11.2 Å². The highest BCUT2D eigenvalue weighted by Gasteiger charge is 2.43. The monoisotopic (exact) mass is 315 g/mol. The van der Waals surface area contributed by atoms with Gasteiger partial charge in [-0.1, -0.05) is 22.4 Å². The van der Waals surface area contributed by atoms with Crippen molar-refractivity contribution in [2.45, 2.75) is 25.8 Å². The normalized spacial score (nSPS) is 17.1. The summed E-state index contributed by atoms with van der Waals surface area (Å²) in [6.45, 7) is 0.00561. The van der Waals surface area contributed by atoms with E-state index < -0.39 is 5.41 Å². The average Bonchev–Trinajstić information content (AvgIpc) is 2.29. The van der Waals surface area contributed by atoms with E-state index in [2.05, 4.69) is 21.2 Å². The minimum Gasteiger partial charge on any atom is -0.395 e. The van der Waals surface area contributed by atoms with Gasteiger partial charge in [0.15, 0.2) is 0 Å². The van der Waals surface area contributed by atoms with Crippen LogP contribution in [0.4, 0.5) is 4.39 Å². The molecule has 0 atom stereocenters. The van der Waals surface area contributed by atoms with E-state index >= 15 is 0 Å². The second-order valence-electron chi connectivity index (χ2n) is 4.71. The zero-order valence-electron chi connectivity index (χ0n) is 9.88. The molecule has 0 saturated heterocycles. The molecule has 98 valence electrons. The number of aliphatic hydroxyl groups is 1. The lowest BCUT2D eigenvalue weighted by molar-refractivity contribution is -0.139.